The number of nitrogens with zero attached hydrogens (tertiary/aromatic N) is 3. The fraction of sp³-hybridized carbons (Fsp3) is 0.304. The van der Waals surface area contributed by atoms with Gasteiger partial charge in [0.15, 0.2) is 4.96 Å². The summed E-state index contributed by atoms with van der Waals surface area (Å²) >= 11 is 1.64. The molecule has 28 heavy (non-hydrogen) atoms. The highest BCUT2D eigenvalue weighted by molar-refractivity contribution is 7.23. The van der Waals surface area contributed by atoms with E-state index in [4.69, 9.17) is 4.98 Å². The lowest BCUT2D eigenvalue weighted by atomic mass is 10.1. The summed E-state index contributed by atoms with van der Waals surface area (Å²) in [4.78, 5) is 20.7. The Labute approximate surface area is 168 Å². The van der Waals surface area contributed by atoms with Crippen molar-refractivity contribution in [2.24, 2.45) is 0 Å². The molecule has 0 radical (unpaired) electrons. The third-order valence-corrected chi connectivity index (χ3v) is 6.60. The molecule has 4 nitrogen and oxygen atoms in total. The summed E-state index contributed by atoms with van der Waals surface area (Å²) < 4.78 is 3.24. The van der Waals surface area contributed by atoms with Gasteiger partial charge >= 0.3 is 0 Å². The summed E-state index contributed by atoms with van der Waals surface area (Å²) in [6.45, 7) is 3.85. The van der Waals surface area contributed by atoms with Crippen LogP contribution in [-0.2, 0) is 0 Å². The Bertz CT molecular complexity index is 1150. The van der Waals surface area contributed by atoms with Crippen molar-refractivity contribution in [3.8, 4) is 11.3 Å². The second-order valence-corrected chi connectivity index (χ2v) is 8.64. The molecule has 142 valence electrons. The van der Waals surface area contributed by atoms with Crippen LogP contribution < -0.4 is 0 Å². The number of hydrogen-bond acceptors (Lipinski definition) is 3. The van der Waals surface area contributed by atoms with Gasteiger partial charge in [-0.2, -0.15) is 0 Å². The monoisotopic (exact) mass is 389 g/mol. The lowest BCUT2D eigenvalue weighted by Gasteiger charge is -2.20. The average Bonchev–Trinajstić information content (AvgIpc) is 3.13. The van der Waals surface area contributed by atoms with Gasteiger partial charge in [0.25, 0.3) is 5.91 Å². The third-order valence-electron chi connectivity index (χ3n) is 5.58. The number of rotatable bonds is 2. The first-order valence-corrected chi connectivity index (χ1v) is 10.8. The number of hydrogen-bond donors (Lipinski definition) is 0. The predicted molar refractivity (Wildman–Crippen MR) is 115 cm³/mol. The van der Waals surface area contributed by atoms with E-state index in [1.54, 1.807) is 11.3 Å². The molecule has 5 heteroatoms. The van der Waals surface area contributed by atoms with E-state index < -0.39 is 0 Å². The van der Waals surface area contributed by atoms with Crippen molar-refractivity contribution in [1.29, 1.82) is 0 Å². The summed E-state index contributed by atoms with van der Waals surface area (Å²) in [5.41, 5.74) is 5.26. The molecule has 0 aliphatic carbocycles. The van der Waals surface area contributed by atoms with Gasteiger partial charge in [0.05, 0.1) is 15.9 Å². The minimum atomic E-state index is 0.162. The maximum Gasteiger partial charge on any atom is 0.253 e. The van der Waals surface area contributed by atoms with Crippen molar-refractivity contribution in [3.05, 3.63) is 59.8 Å². The fourth-order valence-electron chi connectivity index (χ4n) is 3.95. The minimum absolute atomic E-state index is 0.162. The van der Waals surface area contributed by atoms with E-state index >= 15 is 0 Å². The summed E-state index contributed by atoms with van der Waals surface area (Å²) in [6.07, 6.45) is 6.78. The zero-order valence-corrected chi connectivity index (χ0v) is 16.8. The number of amides is 1. The molecule has 0 unspecified atom stereocenters. The summed E-state index contributed by atoms with van der Waals surface area (Å²) in [5.74, 6) is 0.162. The van der Waals surface area contributed by atoms with Crippen molar-refractivity contribution < 1.29 is 4.79 Å². The van der Waals surface area contributed by atoms with Crippen LogP contribution in [0.4, 0.5) is 0 Å². The summed E-state index contributed by atoms with van der Waals surface area (Å²) in [5, 5.41) is 0. The number of fused-ring (bicyclic) bond motifs is 3. The molecule has 1 saturated heterocycles. The zero-order valence-electron chi connectivity index (χ0n) is 16.0. The van der Waals surface area contributed by atoms with Crippen LogP contribution in [0.25, 0.3) is 26.4 Å². The van der Waals surface area contributed by atoms with E-state index in [1.165, 1.54) is 18.4 Å². The van der Waals surface area contributed by atoms with E-state index in [0.29, 0.717) is 0 Å². The van der Waals surface area contributed by atoms with E-state index in [9.17, 15) is 4.79 Å². The van der Waals surface area contributed by atoms with Crippen LogP contribution in [0.15, 0.2) is 48.7 Å². The van der Waals surface area contributed by atoms with E-state index in [2.05, 4.69) is 47.9 Å². The molecule has 2 aromatic carbocycles. The van der Waals surface area contributed by atoms with Crippen LogP contribution in [0, 0.1) is 6.92 Å². The molecule has 5 rings (SSSR count). The quantitative estimate of drug-likeness (QED) is 0.451. The molecule has 2 aromatic heterocycles. The second kappa shape index (κ2) is 7.06. The van der Waals surface area contributed by atoms with Gasteiger partial charge in [-0.3, -0.25) is 9.20 Å². The normalized spacial score (nSPS) is 15.2. The summed E-state index contributed by atoms with van der Waals surface area (Å²) in [6, 6.07) is 14.5. The molecule has 0 saturated carbocycles. The Hall–Kier alpha value is -2.66. The highest BCUT2D eigenvalue weighted by atomic mass is 32.1. The topological polar surface area (TPSA) is 37.6 Å². The van der Waals surface area contributed by atoms with Gasteiger partial charge < -0.3 is 4.90 Å². The minimum Gasteiger partial charge on any atom is -0.339 e. The molecular formula is C23H23N3OS. The van der Waals surface area contributed by atoms with Gasteiger partial charge in [0.2, 0.25) is 0 Å². The molecule has 0 atom stereocenters. The average molecular weight is 390 g/mol. The number of carbonyl (C=O) groups excluding carboxylic acids is 1. The van der Waals surface area contributed by atoms with Crippen LogP contribution in [0.2, 0.25) is 0 Å². The fourth-order valence-corrected chi connectivity index (χ4v) is 5.00. The molecule has 0 N–H and O–H groups in total. The predicted octanol–water partition coefficient (Wildman–Crippen LogP) is 5.54. The van der Waals surface area contributed by atoms with Gasteiger partial charge in [-0.05, 0) is 38.0 Å². The van der Waals surface area contributed by atoms with Gasteiger partial charge in [0, 0.05) is 30.4 Å². The maximum absolute atomic E-state index is 12.9. The van der Waals surface area contributed by atoms with Crippen LogP contribution in [0.3, 0.4) is 0 Å². The van der Waals surface area contributed by atoms with Crippen molar-refractivity contribution in [2.45, 2.75) is 32.6 Å². The Morgan fingerprint density at radius 1 is 1.00 bits per heavy atom. The zero-order chi connectivity index (χ0) is 19.1. The maximum atomic E-state index is 12.9. The molecule has 0 bridgehead atoms. The highest BCUT2D eigenvalue weighted by Gasteiger charge is 2.19. The number of thiazole rings is 1. The Morgan fingerprint density at radius 3 is 2.50 bits per heavy atom. The van der Waals surface area contributed by atoms with Crippen molar-refractivity contribution in [2.75, 3.05) is 13.1 Å². The molecule has 1 aliphatic rings. The van der Waals surface area contributed by atoms with Gasteiger partial charge in [-0.1, -0.05) is 54.0 Å². The molecule has 0 spiro atoms. The SMILES string of the molecule is Cc1ccc(-c2cn3c(n2)sc2cc(C(=O)N4CCCCCC4)ccc23)cc1. The Balaban J connectivity index is 1.49. The van der Waals surface area contributed by atoms with Crippen molar-refractivity contribution >= 4 is 32.4 Å². The first kappa shape index (κ1) is 17.4. The first-order valence-electron chi connectivity index (χ1n) is 9.97. The van der Waals surface area contributed by atoms with Crippen LogP contribution in [-0.4, -0.2) is 33.3 Å². The number of aryl methyl sites for hydroxylation is 1. The van der Waals surface area contributed by atoms with Gasteiger partial charge in [0.1, 0.15) is 0 Å². The van der Waals surface area contributed by atoms with E-state index in [0.717, 1.165) is 57.9 Å². The second-order valence-electron chi connectivity index (χ2n) is 7.64. The smallest absolute Gasteiger partial charge is 0.253 e. The highest BCUT2D eigenvalue weighted by Crippen LogP contribution is 2.30. The number of aromatic nitrogens is 2. The van der Waals surface area contributed by atoms with E-state index in [-0.39, 0.29) is 5.91 Å². The lowest BCUT2D eigenvalue weighted by Crippen LogP contribution is -2.31. The number of imidazole rings is 1. The molecule has 1 amide bonds. The van der Waals surface area contributed by atoms with Crippen molar-refractivity contribution in [3.63, 3.8) is 0 Å². The Morgan fingerprint density at radius 2 is 1.75 bits per heavy atom. The van der Waals surface area contributed by atoms with E-state index in [1.807, 2.05) is 17.0 Å². The largest absolute Gasteiger partial charge is 0.339 e. The first-order chi connectivity index (χ1) is 13.7. The summed E-state index contributed by atoms with van der Waals surface area (Å²) in [7, 11) is 0. The Kier molecular flexibility index (Phi) is 4.40. The standard InChI is InChI=1S/C23H23N3OS/c1-16-6-8-17(9-7-16)19-15-26-20-11-10-18(14-21(20)28-23(26)24-19)22(27)25-12-4-2-3-5-13-25/h6-11,14-15H,2-5,12-13H2,1H3. The lowest BCUT2D eigenvalue weighted by molar-refractivity contribution is 0.0762. The molecule has 3 heterocycles. The molecular weight excluding hydrogens is 366 g/mol. The van der Waals surface area contributed by atoms with Crippen LogP contribution >= 0.6 is 11.3 Å². The number of carbonyl (C=O) groups is 1. The molecule has 1 fully saturated rings. The van der Waals surface area contributed by atoms with Gasteiger partial charge in [-0.15, -0.1) is 0 Å². The van der Waals surface area contributed by atoms with Gasteiger partial charge in [-0.25, -0.2) is 4.98 Å². The van der Waals surface area contributed by atoms with Crippen LogP contribution in [0.5, 0.6) is 0 Å². The third kappa shape index (κ3) is 3.10. The van der Waals surface area contributed by atoms with Crippen LogP contribution in [0.1, 0.15) is 41.6 Å². The number of benzene rings is 2. The number of likely N-dealkylation sites (tertiary alicyclic amines) is 1. The van der Waals surface area contributed by atoms with Crippen molar-refractivity contribution in [1.82, 2.24) is 14.3 Å². The molecule has 1 aliphatic heterocycles. The molecule has 4 aromatic rings.